The molecule has 7 heteroatoms. The van der Waals surface area contributed by atoms with E-state index >= 15 is 0 Å². The number of hydrogen-bond donors (Lipinski definition) is 3. The van der Waals surface area contributed by atoms with Gasteiger partial charge >= 0.3 is 5.69 Å². The summed E-state index contributed by atoms with van der Waals surface area (Å²) in [6.45, 7) is 8.67. The lowest BCUT2D eigenvalue weighted by atomic mass is 9.91. The molecule has 0 aliphatic rings. The number of nitrogens with one attached hydrogen (secondary N) is 2. The van der Waals surface area contributed by atoms with Crippen LogP contribution >= 0.6 is 0 Å². The molecule has 0 radical (unpaired) electrons. The SMILES string of the molecule is Cc1nc(NC(C)(CN)CC(C)C)cc2n[nH]c(=O)n12. The Bertz CT molecular complexity index is 658. The van der Waals surface area contributed by atoms with Gasteiger partial charge in [0.1, 0.15) is 11.6 Å². The fourth-order valence-corrected chi connectivity index (χ4v) is 2.56. The molecule has 1 unspecified atom stereocenters. The zero-order valence-electron chi connectivity index (χ0n) is 12.4. The molecular weight excluding hydrogens is 256 g/mol. The van der Waals surface area contributed by atoms with Crippen LogP contribution < -0.4 is 16.7 Å². The van der Waals surface area contributed by atoms with E-state index in [1.807, 2.05) is 0 Å². The van der Waals surface area contributed by atoms with E-state index in [0.717, 1.165) is 6.42 Å². The molecule has 0 aliphatic heterocycles. The Morgan fingerprint density at radius 1 is 1.55 bits per heavy atom. The highest BCUT2D eigenvalue weighted by atomic mass is 16.1. The number of fused-ring (bicyclic) bond motifs is 1. The fourth-order valence-electron chi connectivity index (χ4n) is 2.56. The van der Waals surface area contributed by atoms with Crippen LogP contribution in [0.4, 0.5) is 5.82 Å². The van der Waals surface area contributed by atoms with Crippen LogP contribution in [0.15, 0.2) is 10.9 Å². The maximum Gasteiger partial charge on any atom is 0.349 e. The number of nitrogens with zero attached hydrogens (tertiary/aromatic N) is 3. The van der Waals surface area contributed by atoms with Crippen molar-refractivity contribution in [1.29, 1.82) is 0 Å². The third-order valence-electron chi connectivity index (χ3n) is 3.31. The predicted octanol–water partition coefficient (Wildman–Crippen LogP) is 0.901. The molecule has 2 heterocycles. The molecule has 0 saturated heterocycles. The minimum Gasteiger partial charge on any atom is -0.363 e. The largest absolute Gasteiger partial charge is 0.363 e. The van der Waals surface area contributed by atoms with Crippen LogP contribution in [0, 0.1) is 12.8 Å². The first kappa shape index (κ1) is 14.5. The van der Waals surface area contributed by atoms with Gasteiger partial charge in [0.2, 0.25) is 0 Å². The van der Waals surface area contributed by atoms with Gasteiger partial charge in [0.25, 0.3) is 0 Å². The molecule has 0 amide bonds. The molecule has 0 fully saturated rings. The van der Waals surface area contributed by atoms with Gasteiger partial charge in [-0.15, -0.1) is 0 Å². The molecule has 110 valence electrons. The van der Waals surface area contributed by atoms with Gasteiger partial charge in [0.15, 0.2) is 5.65 Å². The van der Waals surface area contributed by atoms with Crippen molar-refractivity contribution in [2.24, 2.45) is 11.7 Å². The van der Waals surface area contributed by atoms with E-state index in [1.165, 1.54) is 4.40 Å². The maximum atomic E-state index is 11.6. The summed E-state index contributed by atoms with van der Waals surface area (Å²) in [4.78, 5) is 16.0. The second-order valence-corrected chi connectivity index (χ2v) is 5.90. The first-order chi connectivity index (χ1) is 9.34. The molecule has 4 N–H and O–H groups in total. The molecule has 0 spiro atoms. The molecule has 2 aromatic heterocycles. The average molecular weight is 278 g/mol. The van der Waals surface area contributed by atoms with Gasteiger partial charge in [0.05, 0.1) is 0 Å². The Morgan fingerprint density at radius 2 is 2.25 bits per heavy atom. The quantitative estimate of drug-likeness (QED) is 0.754. The van der Waals surface area contributed by atoms with Crippen molar-refractivity contribution in [3.63, 3.8) is 0 Å². The molecule has 20 heavy (non-hydrogen) atoms. The van der Waals surface area contributed by atoms with Crippen molar-refractivity contribution < 1.29 is 0 Å². The third kappa shape index (κ3) is 2.82. The van der Waals surface area contributed by atoms with Crippen molar-refractivity contribution in [1.82, 2.24) is 19.6 Å². The van der Waals surface area contributed by atoms with E-state index in [4.69, 9.17) is 5.73 Å². The molecule has 7 nitrogen and oxygen atoms in total. The Labute approximate surface area is 117 Å². The van der Waals surface area contributed by atoms with Crippen LogP contribution in [0.5, 0.6) is 0 Å². The van der Waals surface area contributed by atoms with E-state index < -0.39 is 0 Å². The Balaban J connectivity index is 2.36. The standard InChI is InChI=1S/C13H22N6O/c1-8(2)6-13(4,7-14)16-10-5-11-17-18-12(20)19(11)9(3)15-10/h5,8,16H,6-7,14H2,1-4H3,(H,18,20). The zero-order valence-corrected chi connectivity index (χ0v) is 12.4. The minimum atomic E-state index is -0.277. The van der Waals surface area contributed by atoms with E-state index in [1.54, 1.807) is 13.0 Å². The number of hydrogen-bond acceptors (Lipinski definition) is 5. The van der Waals surface area contributed by atoms with E-state index in [9.17, 15) is 4.79 Å². The highest BCUT2D eigenvalue weighted by Gasteiger charge is 2.24. The molecule has 0 aliphatic carbocycles. The second-order valence-electron chi connectivity index (χ2n) is 5.90. The molecule has 2 aromatic rings. The number of anilines is 1. The Kier molecular flexibility index (Phi) is 3.80. The lowest BCUT2D eigenvalue weighted by molar-refractivity contribution is 0.406. The van der Waals surface area contributed by atoms with Gasteiger partial charge in [-0.3, -0.25) is 0 Å². The number of nitrogens with two attached hydrogens (primary N) is 1. The van der Waals surface area contributed by atoms with Crippen LogP contribution in [-0.2, 0) is 0 Å². The number of aromatic amines is 1. The van der Waals surface area contributed by atoms with Crippen molar-refractivity contribution in [3.8, 4) is 0 Å². The summed E-state index contributed by atoms with van der Waals surface area (Å²) in [5.41, 5.74) is 5.93. The number of aryl methyl sites for hydroxylation is 1. The van der Waals surface area contributed by atoms with E-state index in [2.05, 4.69) is 41.3 Å². The smallest absolute Gasteiger partial charge is 0.349 e. The molecule has 0 saturated carbocycles. The number of aromatic nitrogens is 4. The Hall–Kier alpha value is -1.89. The maximum absolute atomic E-state index is 11.6. The monoisotopic (exact) mass is 278 g/mol. The molecular formula is C13H22N6O. The van der Waals surface area contributed by atoms with E-state index in [-0.39, 0.29) is 11.2 Å². The van der Waals surface area contributed by atoms with Crippen LogP contribution in [-0.4, -0.2) is 31.7 Å². The lowest BCUT2D eigenvalue weighted by Crippen LogP contribution is -2.44. The van der Waals surface area contributed by atoms with Crippen LogP contribution in [0.25, 0.3) is 5.65 Å². The van der Waals surface area contributed by atoms with Crippen LogP contribution in [0.2, 0.25) is 0 Å². The first-order valence-electron chi connectivity index (χ1n) is 6.78. The third-order valence-corrected chi connectivity index (χ3v) is 3.31. The van der Waals surface area contributed by atoms with E-state index in [0.29, 0.717) is 29.8 Å². The highest BCUT2D eigenvalue weighted by molar-refractivity contribution is 5.50. The zero-order chi connectivity index (χ0) is 14.9. The summed E-state index contributed by atoms with van der Waals surface area (Å²) in [5.74, 6) is 1.80. The number of H-pyrrole nitrogens is 1. The summed E-state index contributed by atoms with van der Waals surface area (Å²) >= 11 is 0. The average Bonchev–Trinajstić information content (AvgIpc) is 2.70. The van der Waals surface area contributed by atoms with Crippen molar-refractivity contribution >= 4 is 11.5 Å². The second kappa shape index (κ2) is 5.24. The lowest BCUT2D eigenvalue weighted by Gasteiger charge is -2.31. The van der Waals surface area contributed by atoms with Gasteiger partial charge in [-0.25, -0.2) is 19.3 Å². The van der Waals surface area contributed by atoms with Gasteiger partial charge in [-0.1, -0.05) is 13.8 Å². The van der Waals surface area contributed by atoms with Gasteiger partial charge in [-0.2, -0.15) is 5.10 Å². The molecule has 0 bridgehead atoms. The topological polar surface area (TPSA) is 101 Å². The van der Waals surface area contributed by atoms with Crippen LogP contribution in [0.1, 0.15) is 33.0 Å². The van der Waals surface area contributed by atoms with Gasteiger partial charge in [0, 0.05) is 18.2 Å². The fraction of sp³-hybridized carbons (Fsp3) is 0.615. The minimum absolute atomic E-state index is 0.234. The molecule has 0 aromatic carbocycles. The highest BCUT2D eigenvalue weighted by Crippen LogP contribution is 2.21. The molecule has 1 atom stereocenters. The number of rotatable bonds is 5. The van der Waals surface area contributed by atoms with Crippen molar-refractivity contribution in [2.45, 2.75) is 39.7 Å². The molecule has 2 rings (SSSR count). The van der Waals surface area contributed by atoms with Gasteiger partial charge < -0.3 is 11.1 Å². The summed E-state index contributed by atoms with van der Waals surface area (Å²) in [6.07, 6.45) is 0.933. The summed E-state index contributed by atoms with van der Waals surface area (Å²) < 4.78 is 1.44. The summed E-state index contributed by atoms with van der Waals surface area (Å²) in [6, 6.07) is 1.75. The predicted molar refractivity (Wildman–Crippen MR) is 78.9 cm³/mol. The van der Waals surface area contributed by atoms with Gasteiger partial charge in [-0.05, 0) is 26.2 Å². The summed E-state index contributed by atoms with van der Waals surface area (Å²) in [7, 11) is 0. The normalized spacial score (nSPS) is 14.7. The van der Waals surface area contributed by atoms with Crippen LogP contribution in [0.3, 0.4) is 0 Å². The summed E-state index contributed by atoms with van der Waals surface area (Å²) in [5, 5.41) is 9.76. The van der Waals surface area contributed by atoms with Crippen molar-refractivity contribution in [3.05, 3.63) is 22.4 Å². The Morgan fingerprint density at radius 3 is 2.85 bits per heavy atom. The van der Waals surface area contributed by atoms with Crippen molar-refractivity contribution in [2.75, 3.05) is 11.9 Å². The first-order valence-corrected chi connectivity index (χ1v) is 6.78.